The third-order valence-corrected chi connectivity index (χ3v) is 4.74. The summed E-state index contributed by atoms with van der Waals surface area (Å²) in [5, 5.41) is 13.7. The van der Waals surface area contributed by atoms with Gasteiger partial charge in [0.2, 0.25) is 0 Å². The van der Waals surface area contributed by atoms with E-state index in [-0.39, 0.29) is 17.4 Å². The molecule has 146 valence electrons. The van der Waals surface area contributed by atoms with E-state index >= 15 is 0 Å². The first-order valence-corrected chi connectivity index (χ1v) is 9.13. The largest absolute Gasteiger partial charge is 0.452 e. The molecule has 0 radical (unpaired) electrons. The zero-order valence-corrected chi connectivity index (χ0v) is 15.0. The molecule has 1 aromatic rings. The van der Waals surface area contributed by atoms with E-state index < -0.39 is 23.4 Å². The molecule has 2 aliphatic rings. The fraction of sp³-hybridized carbons (Fsp3) is 0.556. The lowest BCUT2D eigenvalue weighted by Gasteiger charge is -2.20. The van der Waals surface area contributed by atoms with Crippen molar-refractivity contribution < 1.29 is 24.0 Å². The highest BCUT2D eigenvalue weighted by Gasteiger charge is 2.24. The number of nitro benzene ring substituents is 1. The maximum Gasteiger partial charge on any atom is 0.341 e. The van der Waals surface area contributed by atoms with E-state index in [1.54, 1.807) is 6.07 Å². The maximum atomic E-state index is 12.5. The van der Waals surface area contributed by atoms with E-state index in [9.17, 15) is 19.7 Å². The molecular formula is C18H23N3O6. The molecule has 2 fully saturated rings. The van der Waals surface area contributed by atoms with Crippen LogP contribution in [0.25, 0.3) is 0 Å². The number of esters is 1. The highest BCUT2D eigenvalue weighted by Crippen LogP contribution is 2.28. The summed E-state index contributed by atoms with van der Waals surface area (Å²) in [4.78, 5) is 36.9. The summed E-state index contributed by atoms with van der Waals surface area (Å²) >= 11 is 0. The van der Waals surface area contributed by atoms with Crippen LogP contribution in [0.1, 0.15) is 36.0 Å². The molecule has 0 bridgehead atoms. The second kappa shape index (κ2) is 8.81. The minimum Gasteiger partial charge on any atom is -0.452 e. The molecule has 3 rings (SSSR count). The fourth-order valence-corrected chi connectivity index (χ4v) is 3.33. The molecule has 1 atom stereocenters. The molecular weight excluding hydrogens is 354 g/mol. The molecule has 2 aliphatic heterocycles. The first kappa shape index (κ1) is 19.1. The number of ether oxygens (including phenoxy) is 2. The summed E-state index contributed by atoms with van der Waals surface area (Å²) in [6.07, 6.45) is 3.87. The van der Waals surface area contributed by atoms with Gasteiger partial charge < -0.3 is 19.7 Å². The summed E-state index contributed by atoms with van der Waals surface area (Å²) in [7, 11) is 0. The molecule has 0 unspecified atom stereocenters. The molecule has 2 heterocycles. The van der Waals surface area contributed by atoms with Crippen molar-refractivity contribution >= 4 is 23.3 Å². The molecule has 2 saturated heterocycles. The number of benzene rings is 1. The van der Waals surface area contributed by atoms with E-state index in [2.05, 4.69) is 5.32 Å². The zero-order valence-electron chi connectivity index (χ0n) is 15.0. The Bertz CT molecular complexity index is 711. The SMILES string of the molecule is O=C(COC(=O)c1cc([N+](=O)[O-])ccc1N1CCCC1)NC[C@@H]1CCCO1. The topological polar surface area (TPSA) is 111 Å². The Morgan fingerprint density at radius 1 is 1.30 bits per heavy atom. The van der Waals surface area contributed by atoms with Crippen molar-refractivity contribution in [2.24, 2.45) is 0 Å². The summed E-state index contributed by atoms with van der Waals surface area (Å²) in [6.45, 7) is 2.20. The van der Waals surface area contributed by atoms with Crippen LogP contribution in [-0.2, 0) is 14.3 Å². The summed E-state index contributed by atoms with van der Waals surface area (Å²) in [5.74, 6) is -1.17. The highest BCUT2D eigenvalue weighted by atomic mass is 16.6. The van der Waals surface area contributed by atoms with Gasteiger partial charge in [0, 0.05) is 38.4 Å². The fourth-order valence-electron chi connectivity index (χ4n) is 3.33. The molecule has 1 amide bonds. The van der Waals surface area contributed by atoms with Crippen molar-refractivity contribution in [2.45, 2.75) is 31.8 Å². The minimum absolute atomic E-state index is 0.00296. The predicted octanol–water partition coefficient (Wildman–Crippen LogP) is 1.65. The normalized spacial score (nSPS) is 19.1. The standard InChI is InChI=1S/C18H23N3O6/c22-17(19-11-14-4-3-9-26-14)12-27-18(23)15-10-13(21(24)25)5-6-16(15)20-7-1-2-8-20/h5-6,10,14H,1-4,7-9,11-12H2,(H,19,22)/t14-/m0/s1. The lowest BCUT2D eigenvalue weighted by Crippen LogP contribution is -2.35. The van der Waals surface area contributed by atoms with Crippen LogP contribution in [0.15, 0.2) is 18.2 Å². The quantitative estimate of drug-likeness (QED) is 0.437. The van der Waals surface area contributed by atoms with Gasteiger partial charge in [0.05, 0.1) is 22.3 Å². The van der Waals surface area contributed by atoms with E-state index in [4.69, 9.17) is 9.47 Å². The van der Waals surface area contributed by atoms with Crippen molar-refractivity contribution in [1.29, 1.82) is 0 Å². The van der Waals surface area contributed by atoms with Gasteiger partial charge in [0.15, 0.2) is 6.61 Å². The average molecular weight is 377 g/mol. The van der Waals surface area contributed by atoms with Gasteiger partial charge in [0.1, 0.15) is 0 Å². The van der Waals surface area contributed by atoms with Crippen molar-refractivity contribution in [2.75, 3.05) is 37.7 Å². The smallest absolute Gasteiger partial charge is 0.341 e. The number of hydrogen-bond donors (Lipinski definition) is 1. The zero-order chi connectivity index (χ0) is 19.2. The highest BCUT2D eigenvalue weighted by molar-refractivity contribution is 5.97. The molecule has 1 aromatic carbocycles. The Morgan fingerprint density at radius 2 is 2.07 bits per heavy atom. The van der Waals surface area contributed by atoms with Crippen molar-refractivity contribution in [3.05, 3.63) is 33.9 Å². The molecule has 9 heteroatoms. The maximum absolute atomic E-state index is 12.5. The van der Waals surface area contributed by atoms with E-state index in [0.29, 0.717) is 18.8 Å². The lowest BCUT2D eigenvalue weighted by atomic mass is 10.1. The van der Waals surface area contributed by atoms with E-state index in [1.165, 1.54) is 12.1 Å². The van der Waals surface area contributed by atoms with Gasteiger partial charge in [-0.2, -0.15) is 0 Å². The second-order valence-corrected chi connectivity index (χ2v) is 6.67. The second-order valence-electron chi connectivity index (χ2n) is 6.67. The van der Waals surface area contributed by atoms with Gasteiger partial charge in [-0.25, -0.2) is 4.79 Å². The molecule has 9 nitrogen and oxygen atoms in total. The van der Waals surface area contributed by atoms with Crippen LogP contribution in [0.5, 0.6) is 0 Å². The number of carbonyl (C=O) groups excluding carboxylic acids is 2. The molecule has 1 N–H and O–H groups in total. The number of carbonyl (C=O) groups is 2. The molecule has 0 aromatic heterocycles. The van der Waals surface area contributed by atoms with Crippen molar-refractivity contribution in [1.82, 2.24) is 5.32 Å². The van der Waals surface area contributed by atoms with E-state index in [1.807, 2.05) is 4.90 Å². The van der Waals surface area contributed by atoms with Gasteiger partial charge in [-0.05, 0) is 31.7 Å². The van der Waals surface area contributed by atoms with Crippen LogP contribution in [0.2, 0.25) is 0 Å². The predicted molar refractivity (Wildman–Crippen MR) is 96.8 cm³/mol. The Hall–Kier alpha value is -2.68. The summed E-state index contributed by atoms with van der Waals surface area (Å²) < 4.78 is 10.5. The van der Waals surface area contributed by atoms with Crippen LogP contribution < -0.4 is 10.2 Å². The summed E-state index contributed by atoms with van der Waals surface area (Å²) in [6, 6.07) is 4.15. The third-order valence-electron chi connectivity index (χ3n) is 4.74. The number of amides is 1. The first-order chi connectivity index (χ1) is 13.0. The Labute approximate surface area is 156 Å². The number of nitrogens with one attached hydrogen (secondary N) is 1. The van der Waals surface area contributed by atoms with Gasteiger partial charge in [-0.1, -0.05) is 0 Å². The van der Waals surface area contributed by atoms with Gasteiger partial charge >= 0.3 is 5.97 Å². The third kappa shape index (κ3) is 4.94. The monoisotopic (exact) mass is 377 g/mol. The van der Waals surface area contributed by atoms with Crippen LogP contribution in [0.4, 0.5) is 11.4 Å². The minimum atomic E-state index is -0.743. The first-order valence-electron chi connectivity index (χ1n) is 9.13. The Balaban J connectivity index is 1.62. The van der Waals surface area contributed by atoms with Gasteiger partial charge in [0.25, 0.3) is 11.6 Å². The van der Waals surface area contributed by atoms with Gasteiger partial charge in [-0.3, -0.25) is 14.9 Å². The lowest BCUT2D eigenvalue weighted by molar-refractivity contribution is -0.384. The Morgan fingerprint density at radius 3 is 2.74 bits per heavy atom. The Kier molecular flexibility index (Phi) is 6.23. The van der Waals surface area contributed by atoms with Crippen LogP contribution in [-0.4, -0.2) is 55.8 Å². The molecule has 0 aliphatic carbocycles. The van der Waals surface area contributed by atoms with Crippen molar-refractivity contribution in [3.8, 4) is 0 Å². The van der Waals surface area contributed by atoms with Crippen LogP contribution in [0.3, 0.4) is 0 Å². The number of nitro groups is 1. The number of hydrogen-bond acceptors (Lipinski definition) is 7. The molecule has 0 saturated carbocycles. The number of anilines is 1. The van der Waals surface area contributed by atoms with E-state index in [0.717, 1.165) is 38.8 Å². The van der Waals surface area contributed by atoms with Crippen LogP contribution in [0, 0.1) is 10.1 Å². The molecule has 27 heavy (non-hydrogen) atoms. The molecule has 0 spiro atoms. The van der Waals surface area contributed by atoms with Crippen molar-refractivity contribution in [3.63, 3.8) is 0 Å². The number of non-ortho nitro benzene ring substituents is 1. The number of nitrogens with zero attached hydrogens (tertiary/aromatic N) is 2. The summed E-state index contributed by atoms with van der Waals surface area (Å²) in [5.41, 5.74) is 0.522. The average Bonchev–Trinajstić information content (AvgIpc) is 3.37. The van der Waals surface area contributed by atoms with Crippen LogP contribution >= 0.6 is 0 Å². The van der Waals surface area contributed by atoms with Gasteiger partial charge in [-0.15, -0.1) is 0 Å². The number of rotatable bonds is 7.